The van der Waals surface area contributed by atoms with Crippen LogP contribution in [0.2, 0.25) is 0 Å². The van der Waals surface area contributed by atoms with Gasteiger partial charge in [0, 0.05) is 13.3 Å². The zero-order valence-electron chi connectivity index (χ0n) is 6.70. The molecule has 1 unspecified atom stereocenters. The highest BCUT2D eigenvalue weighted by atomic mass is 16.4. The predicted molar refractivity (Wildman–Crippen MR) is 39.9 cm³/mol. The molecule has 0 aliphatic heterocycles. The van der Waals surface area contributed by atoms with Crippen LogP contribution in [0.1, 0.15) is 29.7 Å². The van der Waals surface area contributed by atoms with E-state index in [9.17, 15) is 4.79 Å². The summed E-state index contributed by atoms with van der Waals surface area (Å²) in [5, 5.41) is 8.79. The molecule has 4 heteroatoms. The molecule has 0 saturated heterocycles. The smallest absolute Gasteiger partial charge is 0.312 e. The van der Waals surface area contributed by atoms with E-state index in [4.69, 9.17) is 9.52 Å². The lowest BCUT2D eigenvalue weighted by molar-refractivity contribution is -0.138. The van der Waals surface area contributed by atoms with Crippen molar-refractivity contribution >= 4 is 5.97 Å². The van der Waals surface area contributed by atoms with Gasteiger partial charge in [-0.1, -0.05) is 0 Å². The van der Waals surface area contributed by atoms with Crippen molar-refractivity contribution in [2.75, 3.05) is 0 Å². The fourth-order valence-electron chi connectivity index (χ4n) is 1.59. The number of aliphatic carboxylic acids is 1. The first-order chi connectivity index (χ1) is 5.68. The summed E-state index contributed by atoms with van der Waals surface area (Å²) in [6.45, 7) is 1.73. The summed E-state index contributed by atoms with van der Waals surface area (Å²) in [5.74, 6) is 0.0605. The quantitative estimate of drug-likeness (QED) is 0.680. The molecule has 1 aromatic heterocycles. The van der Waals surface area contributed by atoms with Gasteiger partial charge in [-0.15, -0.1) is 0 Å². The highest BCUT2D eigenvalue weighted by Crippen LogP contribution is 2.32. The summed E-state index contributed by atoms with van der Waals surface area (Å²) in [5.41, 5.74) is 0.625. The summed E-state index contributed by atoms with van der Waals surface area (Å²) in [6.07, 6.45) is 1.32. The molecule has 2 rings (SSSR count). The molecule has 12 heavy (non-hydrogen) atoms. The normalized spacial score (nSPS) is 20.9. The van der Waals surface area contributed by atoms with E-state index in [0.29, 0.717) is 24.4 Å². The van der Waals surface area contributed by atoms with Gasteiger partial charge < -0.3 is 9.52 Å². The van der Waals surface area contributed by atoms with Crippen molar-refractivity contribution in [3.8, 4) is 0 Å². The molecule has 4 nitrogen and oxygen atoms in total. The molecular formula is C8H9NO3. The minimum absolute atomic E-state index is 0.447. The second-order valence-electron chi connectivity index (χ2n) is 2.97. The molecule has 1 heterocycles. The topological polar surface area (TPSA) is 63.3 Å². The third kappa shape index (κ3) is 0.913. The SMILES string of the molecule is Cc1nc2c(o1)CCC2C(=O)O. The highest BCUT2D eigenvalue weighted by molar-refractivity contribution is 5.76. The summed E-state index contributed by atoms with van der Waals surface area (Å²) < 4.78 is 5.23. The van der Waals surface area contributed by atoms with Gasteiger partial charge in [-0.2, -0.15) is 0 Å². The molecule has 0 spiro atoms. The first kappa shape index (κ1) is 7.34. The van der Waals surface area contributed by atoms with Crippen molar-refractivity contribution in [2.24, 2.45) is 0 Å². The van der Waals surface area contributed by atoms with Crippen molar-refractivity contribution in [3.05, 3.63) is 17.3 Å². The number of carbonyl (C=O) groups is 1. The number of carboxylic acid groups (broad SMARTS) is 1. The number of aryl methyl sites for hydroxylation is 2. The Hall–Kier alpha value is -1.32. The standard InChI is InChI=1S/C8H9NO3/c1-4-9-7-5(8(10)11)2-3-6(7)12-4/h5H,2-3H2,1H3,(H,10,11). The van der Waals surface area contributed by atoms with Crippen LogP contribution in [0, 0.1) is 6.92 Å². The lowest BCUT2D eigenvalue weighted by Gasteiger charge is -1.98. The van der Waals surface area contributed by atoms with Crippen LogP contribution in [-0.4, -0.2) is 16.1 Å². The third-order valence-electron chi connectivity index (χ3n) is 2.12. The Morgan fingerprint density at radius 2 is 2.50 bits per heavy atom. The van der Waals surface area contributed by atoms with Gasteiger partial charge in [0.05, 0.1) is 5.69 Å². The maximum Gasteiger partial charge on any atom is 0.312 e. The van der Waals surface area contributed by atoms with Crippen molar-refractivity contribution in [1.82, 2.24) is 4.98 Å². The van der Waals surface area contributed by atoms with E-state index in [2.05, 4.69) is 4.98 Å². The average Bonchev–Trinajstić information content (AvgIpc) is 2.43. The second-order valence-corrected chi connectivity index (χ2v) is 2.97. The number of rotatable bonds is 1. The van der Waals surface area contributed by atoms with E-state index >= 15 is 0 Å². The number of fused-ring (bicyclic) bond motifs is 1. The molecule has 0 amide bonds. The molecule has 0 radical (unpaired) electrons. The molecule has 1 aliphatic carbocycles. The van der Waals surface area contributed by atoms with Crippen LogP contribution in [0.15, 0.2) is 4.42 Å². The van der Waals surface area contributed by atoms with Gasteiger partial charge in [0.1, 0.15) is 11.7 Å². The van der Waals surface area contributed by atoms with Crippen molar-refractivity contribution in [2.45, 2.75) is 25.7 Å². The summed E-state index contributed by atoms with van der Waals surface area (Å²) in [6, 6.07) is 0. The minimum atomic E-state index is -0.804. The number of hydrogen-bond acceptors (Lipinski definition) is 3. The molecule has 0 bridgehead atoms. The Morgan fingerprint density at radius 3 is 3.17 bits per heavy atom. The number of oxazole rings is 1. The molecule has 0 saturated carbocycles. The van der Waals surface area contributed by atoms with Crippen LogP contribution in [-0.2, 0) is 11.2 Å². The molecule has 1 atom stereocenters. The molecule has 0 aromatic carbocycles. The average molecular weight is 167 g/mol. The number of nitrogens with zero attached hydrogens (tertiary/aromatic N) is 1. The molecule has 1 aromatic rings. The van der Waals surface area contributed by atoms with E-state index in [1.807, 2.05) is 0 Å². The Kier molecular flexibility index (Phi) is 1.43. The van der Waals surface area contributed by atoms with Gasteiger partial charge in [0.2, 0.25) is 0 Å². The Morgan fingerprint density at radius 1 is 1.75 bits per heavy atom. The van der Waals surface area contributed by atoms with E-state index in [1.54, 1.807) is 6.92 Å². The molecule has 0 fully saturated rings. The minimum Gasteiger partial charge on any atom is -0.481 e. The van der Waals surface area contributed by atoms with Crippen molar-refractivity contribution < 1.29 is 14.3 Å². The van der Waals surface area contributed by atoms with E-state index in [1.165, 1.54) is 0 Å². The van der Waals surface area contributed by atoms with Crippen LogP contribution in [0.3, 0.4) is 0 Å². The van der Waals surface area contributed by atoms with Crippen molar-refractivity contribution in [1.29, 1.82) is 0 Å². The van der Waals surface area contributed by atoms with Gasteiger partial charge in [-0.05, 0) is 6.42 Å². The lowest BCUT2D eigenvalue weighted by Crippen LogP contribution is -2.08. The third-order valence-corrected chi connectivity index (χ3v) is 2.12. The summed E-state index contributed by atoms with van der Waals surface area (Å²) in [4.78, 5) is 14.7. The lowest BCUT2D eigenvalue weighted by atomic mass is 10.1. The summed E-state index contributed by atoms with van der Waals surface area (Å²) in [7, 11) is 0. The Balaban J connectivity index is 2.41. The molecule has 1 N–H and O–H groups in total. The highest BCUT2D eigenvalue weighted by Gasteiger charge is 2.33. The first-order valence-electron chi connectivity index (χ1n) is 3.87. The van der Waals surface area contributed by atoms with E-state index in [-0.39, 0.29) is 0 Å². The van der Waals surface area contributed by atoms with Crippen LogP contribution in [0.4, 0.5) is 0 Å². The largest absolute Gasteiger partial charge is 0.481 e. The molecule has 1 aliphatic rings. The number of aromatic nitrogens is 1. The van der Waals surface area contributed by atoms with E-state index in [0.717, 1.165) is 5.76 Å². The molecule has 64 valence electrons. The van der Waals surface area contributed by atoms with Gasteiger partial charge in [0.25, 0.3) is 0 Å². The fraction of sp³-hybridized carbons (Fsp3) is 0.500. The summed E-state index contributed by atoms with van der Waals surface area (Å²) >= 11 is 0. The van der Waals surface area contributed by atoms with Gasteiger partial charge in [0.15, 0.2) is 5.89 Å². The van der Waals surface area contributed by atoms with Gasteiger partial charge >= 0.3 is 5.97 Å². The van der Waals surface area contributed by atoms with Gasteiger partial charge in [-0.25, -0.2) is 4.98 Å². The van der Waals surface area contributed by atoms with Crippen LogP contribution in [0.5, 0.6) is 0 Å². The zero-order valence-corrected chi connectivity index (χ0v) is 6.70. The maximum atomic E-state index is 10.7. The second kappa shape index (κ2) is 2.33. The predicted octanol–water partition coefficient (Wildman–Crippen LogP) is 1.10. The van der Waals surface area contributed by atoms with E-state index < -0.39 is 11.9 Å². The Bertz CT molecular complexity index is 329. The number of carboxylic acids is 1. The monoisotopic (exact) mass is 167 g/mol. The van der Waals surface area contributed by atoms with Crippen LogP contribution >= 0.6 is 0 Å². The number of hydrogen-bond donors (Lipinski definition) is 1. The fourth-order valence-corrected chi connectivity index (χ4v) is 1.59. The Labute approximate surface area is 69.2 Å². The zero-order chi connectivity index (χ0) is 8.72. The first-order valence-corrected chi connectivity index (χ1v) is 3.87. The van der Waals surface area contributed by atoms with Crippen molar-refractivity contribution in [3.63, 3.8) is 0 Å². The maximum absolute atomic E-state index is 10.7. The van der Waals surface area contributed by atoms with Crippen LogP contribution < -0.4 is 0 Å². The van der Waals surface area contributed by atoms with Gasteiger partial charge in [-0.3, -0.25) is 4.79 Å². The molecular weight excluding hydrogens is 158 g/mol. The van der Waals surface area contributed by atoms with Crippen LogP contribution in [0.25, 0.3) is 0 Å².